The van der Waals surface area contributed by atoms with Crippen LogP contribution < -0.4 is 0 Å². The SMILES string of the molecule is CC1CCCC(S(=O)(=O)C2CCCC(C)C2)C1. The zero-order valence-electron chi connectivity index (χ0n) is 11.2. The van der Waals surface area contributed by atoms with Crippen LogP contribution in [0, 0.1) is 11.8 Å². The Morgan fingerprint density at radius 2 is 1.18 bits per heavy atom. The lowest BCUT2D eigenvalue weighted by Crippen LogP contribution is -2.37. The van der Waals surface area contributed by atoms with Crippen molar-refractivity contribution in [2.24, 2.45) is 11.8 Å². The van der Waals surface area contributed by atoms with Crippen LogP contribution in [-0.2, 0) is 9.84 Å². The minimum absolute atomic E-state index is 0.0263. The van der Waals surface area contributed by atoms with Crippen LogP contribution in [0.15, 0.2) is 0 Å². The van der Waals surface area contributed by atoms with Gasteiger partial charge in [-0.25, -0.2) is 8.42 Å². The van der Waals surface area contributed by atoms with Crippen molar-refractivity contribution in [3.05, 3.63) is 0 Å². The molecule has 0 aromatic carbocycles. The highest BCUT2D eigenvalue weighted by Gasteiger charge is 2.37. The van der Waals surface area contributed by atoms with Crippen molar-refractivity contribution >= 4 is 9.84 Å². The predicted molar refractivity (Wildman–Crippen MR) is 71.8 cm³/mol. The van der Waals surface area contributed by atoms with Crippen LogP contribution >= 0.6 is 0 Å². The molecule has 0 heterocycles. The largest absolute Gasteiger partial charge is 0.228 e. The first-order chi connectivity index (χ1) is 8.00. The Morgan fingerprint density at radius 3 is 1.53 bits per heavy atom. The summed E-state index contributed by atoms with van der Waals surface area (Å²) in [6, 6.07) is 0. The van der Waals surface area contributed by atoms with Crippen LogP contribution in [0.2, 0.25) is 0 Å². The lowest BCUT2D eigenvalue weighted by atomic mass is 9.90. The van der Waals surface area contributed by atoms with Crippen LogP contribution in [0.3, 0.4) is 0 Å². The topological polar surface area (TPSA) is 34.1 Å². The van der Waals surface area contributed by atoms with E-state index in [-0.39, 0.29) is 10.5 Å². The van der Waals surface area contributed by atoms with E-state index in [1.165, 1.54) is 12.8 Å². The van der Waals surface area contributed by atoms with Gasteiger partial charge in [0.2, 0.25) is 0 Å². The fourth-order valence-corrected chi connectivity index (χ4v) is 6.35. The molecule has 100 valence electrons. The maximum absolute atomic E-state index is 12.6. The van der Waals surface area contributed by atoms with E-state index in [0.717, 1.165) is 38.5 Å². The van der Waals surface area contributed by atoms with E-state index in [2.05, 4.69) is 13.8 Å². The maximum Gasteiger partial charge on any atom is 0.156 e. The van der Waals surface area contributed by atoms with Crippen LogP contribution in [0.4, 0.5) is 0 Å². The second-order valence-electron chi connectivity index (χ2n) is 6.38. The molecule has 2 nitrogen and oxygen atoms in total. The van der Waals surface area contributed by atoms with Gasteiger partial charge in [0.15, 0.2) is 9.84 Å². The normalized spacial score (nSPS) is 40.1. The van der Waals surface area contributed by atoms with Crippen molar-refractivity contribution in [2.45, 2.75) is 75.7 Å². The van der Waals surface area contributed by atoms with Crippen LogP contribution in [0.1, 0.15) is 65.2 Å². The lowest BCUT2D eigenvalue weighted by Gasteiger charge is -2.33. The van der Waals surface area contributed by atoms with Gasteiger partial charge in [0.05, 0.1) is 10.5 Å². The minimum atomic E-state index is -2.85. The van der Waals surface area contributed by atoms with E-state index in [0.29, 0.717) is 11.8 Å². The number of hydrogen-bond acceptors (Lipinski definition) is 2. The Bertz CT molecular complexity index is 319. The molecule has 2 saturated carbocycles. The molecule has 0 spiro atoms. The molecule has 3 heteroatoms. The molecule has 4 atom stereocenters. The first-order valence-electron chi connectivity index (χ1n) is 7.23. The number of hydrogen-bond donors (Lipinski definition) is 0. The first kappa shape index (κ1) is 13.4. The van der Waals surface area contributed by atoms with Crippen molar-refractivity contribution < 1.29 is 8.42 Å². The van der Waals surface area contributed by atoms with E-state index in [4.69, 9.17) is 0 Å². The van der Waals surface area contributed by atoms with E-state index in [1.807, 2.05) is 0 Å². The van der Waals surface area contributed by atoms with Gasteiger partial charge in [-0.3, -0.25) is 0 Å². The fourth-order valence-electron chi connectivity index (χ4n) is 3.63. The van der Waals surface area contributed by atoms with Gasteiger partial charge in [0, 0.05) is 0 Å². The molecule has 17 heavy (non-hydrogen) atoms. The lowest BCUT2D eigenvalue weighted by molar-refractivity contribution is 0.358. The quantitative estimate of drug-likeness (QED) is 0.759. The molecule has 0 bridgehead atoms. The highest BCUT2D eigenvalue weighted by atomic mass is 32.2. The maximum atomic E-state index is 12.6. The monoisotopic (exact) mass is 258 g/mol. The van der Waals surface area contributed by atoms with Gasteiger partial charge in [-0.05, 0) is 37.5 Å². The van der Waals surface area contributed by atoms with Gasteiger partial charge in [0.25, 0.3) is 0 Å². The van der Waals surface area contributed by atoms with E-state index >= 15 is 0 Å². The highest BCUT2D eigenvalue weighted by molar-refractivity contribution is 7.92. The molecular weight excluding hydrogens is 232 g/mol. The molecule has 2 aliphatic carbocycles. The Balaban J connectivity index is 2.06. The third-order valence-electron chi connectivity index (χ3n) is 4.71. The van der Waals surface area contributed by atoms with Crippen molar-refractivity contribution in [3.63, 3.8) is 0 Å². The Kier molecular flexibility index (Phi) is 4.17. The van der Waals surface area contributed by atoms with Crippen LogP contribution in [-0.4, -0.2) is 18.9 Å². The molecule has 2 rings (SSSR count). The molecule has 0 amide bonds. The Morgan fingerprint density at radius 1 is 0.765 bits per heavy atom. The molecule has 0 aromatic rings. The molecule has 2 aliphatic rings. The van der Waals surface area contributed by atoms with Crippen molar-refractivity contribution in [2.75, 3.05) is 0 Å². The van der Waals surface area contributed by atoms with Crippen molar-refractivity contribution in [3.8, 4) is 0 Å². The summed E-state index contributed by atoms with van der Waals surface area (Å²) in [7, 11) is -2.85. The summed E-state index contributed by atoms with van der Waals surface area (Å²) in [6.07, 6.45) is 8.29. The van der Waals surface area contributed by atoms with Gasteiger partial charge >= 0.3 is 0 Å². The molecule has 2 fully saturated rings. The smallest absolute Gasteiger partial charge is 0.156 e. The zero-order chi connectivity index (χ0) is 12.5. The standard InChI is InChI=1S/C14H26O2S/c1-11-5-3-7-13(9-11)17(15,16)14-8-4-6-12(2)10-14/h11-14H,3-10H2,1-2H3. The summed E-state index contributed by atoms with van der Waals surface area (Å²) in [5, 5.41) is -0.0527. The summed E-state index contributed by atoms with van der Waals surface area (Å²) in [5.74, 6) is 1.20. The third kappa shape index (κ3) is 3.04. The molecular formula is C14H26O2S. The second-order valence-corrected chi connectivity index (χ2v) is 8.89. The number of sulfone groups is 1. The molecule has 0 saturated heterocycles. The van der Waals surface area contributed by atoms with Crippen molar-refractivity contribution in [1.29, 1.82) is 0 Å². The summed E-state index contributed by atoms with van der Waals surface area (Å²) in [6.45, 7) is 4.40. The van der Waals surface area contributed by atoms with Gasteiger partial charge < -0.3 is 0 Å². The summed E-state index contributed by atoms with van der Waals surface area (Å²) < 4.78 is 25.3. The molecule has 4 unspecified atom stereocenters. The van der Waals surface area contributed by atoms with Gasteiger partial charge in [0.1, 0.15) is 0 Å². The van der Waals surface area contributed by atoms with E-state index < -0.39 is 9.84 Å². The van der Waals surface area contributed by atoms with E-state index in [9.17, 15) is 8.42 Å². The molecule has 0 aromatic heterocycles. The predicted octanol–water partition coefficient (Wildman–Crippen LogP) is 3.56. The second kappa shape index (κ2) is 5.29. The van der Waals surface area contributed by atoms with Gasteiger partial charge in [-0.1, -0.05) is 39.5 Å². The van der Waals surface area contributed by atoms with Crippen molar-refractivity contribution in [1.82, 2.24) is 0 Å². The van der Waals surface area contributed by atoms with Gasteiger partial charge in [-0.15, -0.1) is 0 Å². The first-order valence-corrected chi connectivity index (χ1v) is 8.83. The third-order valence-corrected chi connectivity index (χ3v) is 7.42. The summed E-state index contributed by atoms with van der Waals surface area (Å²) >= 11 is 0. The molecule has 0 N–H and O–H groups in total. The zero-order valence-corrected chi connectivity index (χ0v) is 12.0. The summed E-state index contributed by atoms with van der Waals surface area (Å²) in [4.78, 5) is 0. The van der Waals surface area contributed by atoms with Gasteiger partial charge in [-0.2, -0.15) is 0 Å². The van der Waals surface area contributed by atoms with E-state index in [1.54, 1.807) is 0 Å². The Hall–Kier alpha value is -0.0500. The summed E-state index contributed by atoms with van der Waals surface area (Å²) in [5.41, 5.74) is 0. The highest BCUT2D eigenvalue weighted by Crippen LogP contribution is 2.35. The average Bonchev–Trinajstić information content (AvgIpc) is 2.29. The minimum Gasteiger partial charge on any atom is -0.228 e. The molecule has 0 aliphatic heterocycles. The fraction of sp³-hybridized carbons (Fsp3) is 1.00. The average molecular weight is 258 g/mol. The molecule has 0 radical (unpaired) electrons. The Labute approximate surface area is 106 Å². The van der Waals surface area contributed by atoms with Crippen LogP contribution in [0.5, 0.6) is 0 Å². The number of rotatable bonds is 2. The van der Waals surface area contributed by atoms with Crippen LogP contribution in [0.25, 0.3) is 0 Å².